The van der Waals surface area contributed by atoms with Gasteiger partial charge in [0.1, 0.15) is 12.1 Å². The number of nitrogens with zero attached hydrogens (tertiary/aromatic N) is 4. The van der Waals surface area contributed by atoms with Crippen molar-refractivity contribution >= 4 is 39.3 Å². The summed E-state index contributed by atoms with van der Waals surface area (Å²) in [6.45, 7) is 2.79. The molecule has 2 aromatic rings. The van der Waals surface area contributed by atoms with E-state index in [0.717, 1.165) is 72.9 Å². The molecule has 3 heterocycles. The number of anilines is 1. The van der Waals surface area contributed by atoms with Crippen LogP contribution in [-0.4, -0.2) is 54.9 Å². The molecule has 3 aliphatic rings. The van der Waals surface area contributed by atoms with Gasteiger partial charge in [-0.1, -0.05) is 23.7 Å². The number of hydrogen-bond acceptors (Lipinski definition) is 5. The van der Waals surface area contributed by atoms with Crippen molar-refractivity contribution in [2.24, 2.45) is 0 Å². The Labute approximate surface area is 188 Å². The molecule has 0 saturated carbocycles. The van der Waals surface area contributed by atoms with Crippen LogP contribution >= 0.6 is 11.6 Å². The van der Waals surface area contributed by atoms with Gasteiger partial charge in [-0.25, -0.2) is 9.97 Å². The van der Waals surface area contributed by atoms with Crippen molar-refractivity contribution in [3.8, 4) is 0 Å². The summed E-state index contributed by atoms with van der Waals surface area (Å²) < 4.78 is 29.6. The summed E-state index contributed by atoms with van der Waals surface area (Å²) in [6, 6.07) is 7.84. The van der Waals surface area contributed by atoms with Gasteiger partial charge in [-0.2, -0.15) is 17.4 Å². The van der Waals surface area contributed by atoms with Gasteiger partial charge in [-0.15, -0.1) is 0 Å². The van der Waals surface area contributed by atoms with E-state index in [9.17, 15) is 8.42 Å². The summed E-state index contributed by atoms with van der Waals surface area (Å²) in [5.41, 5.74) is 4.46. The van der Waals surface area contributed by atoms with E-state index in [0.29, 0.717) is 13.1 Å². The summed E-state index contributed by atoms with van der Waals surface area (Å²) in [6.07, 6.45) is 8.01. The van der Waals surface area contributed by atoms with Gasteiger partial charge in [0.2, 0.25) is 0 Å². The lowest BCUT2D eigenvalue weighted by Crippen LogP contribution is -2.49. The summed E-state index contributed by atoms with van der Waals surface area (Å²) in [4.78, 5) is 11.3. The van der Waals surface area contributed by atoms with Gasteiger partial charge < -0.3 is 4.90 Å². The van der Waals surface area contributed by atoms with E-state index in [-0.39, 0.29) is 6.04 Å². The quantitative estimate of drug-likeness (QED) is 0.743. The molecule has 1 aliphatic carbocycles. The zero-order chi connectivity index (χ0) is 21.4. The van der Waals surface area contributed by atoms with Gasteiger partial charge in [-0.3, -0.25) is 0 Å². The number of hydrogen-bond donors (Lipinski definition) is 1. The average molecular weight is 460 g/mol. The maximum absolute atomic E-state index is 12.6. The lowest BCUT2D eigenvalue weighted by molar-refractivity contribution is 0.420. The van der Waals surface area contributed by atoms with Crippen LogP contribution in [0.25, 0.3) is 11.6 Å². The van der Waals surface area contributed by atoms with E-state index in [1.54, 1.807) is 10.6 Å². The highest BCUT2D eigenvalue weighted by Gasteiger charge is 2.31. The van der Waals surface area contributed by atoms with Crippen LogP contribution in [0.3, 0.4) is 0 Å². The molecule has 0 amide bonds. The van der Waals surface area contributed by atoms with Crippen molar-refractivity contribution in [2.75, 3.05) is 31.1 Å². The van der Waals surface area contributed by atoms with Crippen LogP contribution in [0.5, 0.6) is 0 Å². The first-order chi connectivity index (χ1) is 15.0. The number of fused-ring (bicyclic) bond motifs is 1. The molecule has 0 spiro atoms. The Morgan fingerprint density at radius 3 is 2.42 bits per heavy atom. The Hall–Kier alpha value is -2.00. The van der Waals surface area contributed by atoms with Gasteiger partial charge in [0.05, 0.1) is 5.69 Å². The molecule has 0 unspecified atom stereocenters. The zero-order valence-corrected chi connectivity index (χ0v) is 18.9. The number of rotatable bonds is 5. The summed E-state index contributed by atoms with van der Waals surface area (Å²) in [5.74, 6) is 0.940. The highest BCUT2D eigenvalue weighted by atomic mass is 35.5. The predicted octanol–water partition coefficient (Wildman–Crippen LogP) is 3.13. The van der Waals surface area contributed by atoms with Crippen LogP contribution in [0.1, 0.15) is 42.5 Å². The highest BCUT2D eigenvalue weighted by Crippen LogP contribution is 2.36. The Morgan fingerprint density at radius 2 is 1.71 bits per heavy atom. The molecule has 0 bridgehead atoms. The lowest BCUT2D eigenvalue weighted by Gasteiger charge is -2.34. The second kappa shape index (κ2) is 8.50. The third-order valence-corrected chi connectivity index (χ3v) is 8.28. The molecule has 1 N–H and O–H groups in total. The number of allylic oxidation sites excluding steroid dienone is 1. The number of aromatic nitrogens is 2. The molecule has 2 aliphatic heterocycles. The van der Waals surface area contributed by atoms with Crippen LogP contribution in [0.15, 0.2) is 30.6 Å². The second-order valence-electron chi connectivity index (χ2n) is 8.40. The van der Waals surface area contributed by atoms with Crippen molar-refractivity contribution in [3.05, 3.63) is 52.4 Å². The molecule has 1 aromatic carbocycles. The molecule has 164 valence electrons. The summed E-state index contributed by atoms with van der Waals surface area (Å²) in [7, 11) is -3.37. The molecule has 9 heteroatoms. The molecule has 0 atom stereocenters. The monoisotopic (exact) mass is 459 g/mol. The standard InChI is InChI=1S/C22H26ClN5O2S/c23-18-5-3-16(4-6-18)17-13-20-21(14-17)24-15-25-22(20)27-11-7-19(8-12-27)26-31(29,30)28-9-1-2-10-28/h3-6,13,15,19,26H,1-2,7-12,14H2. The van der Waals surface area contributed by atoms with Crippen molar-refractivity contribution in [2.45, 2.75) is 38.1 Å². The molecule has 31 heavy (non-hydrogen) atoms. The zero-order valence-electron chi connectivity index (χ0n) is 17.3. The normalized spacial score (nSPS) is 20.2. The van der Waals surface area contributed by atoms with E-state index in [2.05, 4.69) is 25.7 Å². The Kier molecular flexibility index (Phi) is 5.73. The largest absolute Gasteiger partial charge is 0.356 e. The fraction of sp³-hybridized carbons (Fsp3) is 0.455. The molecule has 0 radical (unpaired) electrons. The summed E-state index contributed by atoms with van der Waals surface area (Å²) >= 11 is 6.03. The molecular weight excluding hydrogens is 434 g/mol. The first-order valence-electron chi connectivity index (χ1n) is 10.8. The number of piperidine rings is 1. The van der Waals surface area contributed by atoms with Crippen LogP contribution in [0.4, 0.5) is 5.82 Å². The van der Waals surface area contributed by atoms with E-state index < -0.39 is 10.2 Å². The van der Waals surface area contributed by atoms with E-state index in [1.807, 2.05) is 24.3 Å². The van der Waals surface area contributed by atoms with Crippen LogP contribution in [0.2, 0.25) is 5.02 Å². The minimum Gasteiger partial charge on any atom is -0.356 e. The van der Waals surface area contributed by atoms with Crippen molar-refractivity contribution < 1.29 is 8.42 Å². The fourth-order valence-electron chi connectivity index (χ4n) is 4.64. The Bertz CT molecular complexity index is 1090. The molecule has 7 nitrogen and oxygen atoms in total. The summed E-state index contributed by atoms with van der Waals surface area (Å²) in [5, 5.41) is 0.726. The minimum absolute atomic E-state index is 0.0306. The Balaban J connectivity index is 1.28. The van der Waals surface area contributed by atoms with Crippen molar-refractivity contribution in [1.82, 2.24) is 19.0 Å². The van der Waals surface area contributed by atoms with Crippen LogP contribution in [0, 0.1) is 0 Å². The van der Waals surface area contributed by atoms with Crippen LogP contribution in [-0.2, 0) is 16.6 Å². The number of nitrogens with one attached hydrogen (secondary N) is 1. The predicted molar refractivity (Wildman–Crippen MR) is 123 cm³/mol. The third kappa shape index (κ3) is 4.35. The highest BCUT2D eigenvalue weighted by molar-refractivity contribution is 7.87. The topological polar surface area (TPSA) is 78.4 Å². The number of halogens is 1. The van der Waals surface area contributed by atoms with Gasteiger partial charge in [0.25, 0.3) is 10.2 Å². The van der Waals surface area contributed by atoms with Gasteiger partial charge >= 0.3 is 0 Å². The van der Waals surface area contributed by atoms with Gasteiger partial charge in [-0.05, 0) is 55.0 Å². The molecule has 5 rings (SSSR count). The molecule has 2 saturated heterocycles. The van der Waals surface area contributed by atoms with Gasteiger partial charge in [0.15, 0.2) is 0 Å². The van der Waals surface area contributed by atoms with Gasteiger partial charge in [0, 0.05) is 49.2 Å². The third-order valence-electron chi connectivity index (χ3n) is 6.35. The maximum atomic E-state index is 12.6. The van der Waals surface area contributed by atoms with E-state index in [4.69, 9.17) is 11.6 Å². The second-order valence-corrected chi connectivity index (χ2v) is 10.5. The van der Waals surface area contributed by atoms with Crippen molar-refractivity contribution in [3.63, 3.8) is 0 Å². The molecule has 1 aromatic heterocycles. The first-order valence-corrected chi connectivity index (χ1v) is 12.6. The van der Waals surface area contributed by atoms with E-state index >= 15 is 0 Å². The average Bonchev–Trinajstić information content (AvgIpc) is 3.45. The van der Waals surface area contributed by atoms with Crippen LogP contribution < -0.4 is 9.62 Å². The molecule has 2 fully saturated rings. The lowest BCUT2D eigenvalue weighted by atomic mass is 10.1. The number of benzene rings is 1. The van der Waals surface area contributed by atoms with E-state index in [1.165, 1.54) is 5.57 Å². The Morgan fingerprint density at radius 1 is 1.00 bits per heavy atom. The maximum Gasteiger partial charge on any atom is 0.279 e. The van der Waals surface area contributed by atoms with Crippen molar-refractivity contribution in [1.29, 1.82) is 0 Å². The SMILES string of the molecule is O=S(=O)(NC1CCN(c2ncnc3c2C=C(c2ccc(Cl)cc2)C3)CC1)N1CCCC1. The fourth-order valence-corrected chi connectivity index (χ4v) is 6.31. The smallest absolute Gasteiger partial charge is 0.279 e. The first kappa shape index (κ1) is 20.9. The molecular formula is C22H26ClN5O2S. The minimum atomic E-state index is -3.37.